The summed E-state index contributed by atoms with van der Waals surface area (Å²) in [5.41, 5.74) is 0. The van der Waals surface area contributed by atoms with E-state index >= 15 is 0 Å². The number of carbonyl (C=O) groups excluding carboxylic acids is 1. The number of imidazole rings is 1. The summed E-state index contributed by atoms with van der Waals surface area (Å²) >= 11 is 0. The first-order valence-electron chi connectivity index (χ1n) is 8.31. The van der Waals surface area contributed by atoms with Crippen molar-refractivity contribution in [3.8, 4) is 0 Å². The maximum Gasteiger partial charge on any atom is 0.319 e. The first kappa shape index (κ1) is 17.8. The van der Waals surface area contributed by atoms with Crippen LogP contribution in [0.3, 0.4) is 0 Å². The van der Waals surface area contributed by atoms with Crippen LogP contribution in [0, 0.1) is 5.92 Å². The SMILES string of the molecule is CCC(C)CCC(=O)N1CCN(Cc2nccn2C(F)F)CC1. The lowest BCUT2D eigenvalue weighted by atomic mass is 10.0. The molecule has 0 spiro atoms. The Labute approximate surface area is 136 Å². The van der Waals surface area contributed by atoms with Gasteiger partial charge in [-0.2, -0.15) is 8.78 Å². The fourth-order valence-corrected chi connectivity index (χ4v) is 2.73. The van der Waals surface area contributed by atoms with E-state index in [0.29, 0.717) is 50.9 Å². The summed E-state index contributed by atoms with van der Waals surface area (Å²) in [4.78, 5) is 20.1. The number of hydrogen-bond acceptors (Lipinski definition) is 3. The Kier molecular flexibility index (Phi) is 6.50. The van der Waals surface area contributed by atoms with Gasteiger partial charge < -0.3 is 4.90 Å². The van der Waals surface area contributed by atoms with Gasteiger partial charge in [-0.15, -0.1) is 0 Å². The molecule has 0 radical (unpaired) electrons. The van der Waals surface area contributed by atoms with Crippen LogP contribution in [0.2, 0.25) is 0 Å². The second kappa shape index (κ2) is 8.38. The summed E-state index contributed by atoms with van der Waals surface area (Å²) in [6.07, 6.45) is 5.33. The number of hydrogen-bond donors (Lipinski definition) is 0. The number of carbonyl (C=O) groups is 1. The summed E-state index contributed by atoms with van der Waals surface area (Å²) in [7, 11) is 0. The van der Waals surface area contributed by atoms with Crippen molar-refractivity contribution in [3.63, 3.8) is 0 Å². The molecule has 5 nitrogen and oxygen atoms in total. The van der Waals surface area contributed by atoms with Crippen molar-refractivity contribution in [2.24, 2.45) is 5.92 Å². The van der Waals surface area contributed by atoms with Gasteiger partial charge in [0.15, 0.2) is 0 Å². The molecule has 1 aliphatic heterocycles. The largest absolute Gasteiger partial charge is 0.340 e. The fraction of sp³-hybridized carbons (Fsp3) is 0.750. The van der Waals surface area contributed by atoms with Crippen molar-refractivity contribution < 1.29 is 13.6 Å². The average Bonchev–Trinajstić information content (AvgIpc) is 3.01. The van der Waals surface area contributed by atoms with Gasteiger partial charge in [-0.25, -0.2) is 4.98 Å². The Morgan fingerprint density at radius 2 is 2.00 bits per heavy atom. The third-order valence-corrected chi connectivity index (χ3v) is 4.60. The average molecular weight is 328 g/mol. The highest BCUT2D eigenvalue weighted by molar-refractivity contribution is 5.76. The first-order chi connectivity index (χ1) is 11.0. The lowest BCUT2D eigenvalue weighted by Crippen LogP contribution is -2.48. The molecule has 1 amide bonds. The summed E-state index contributed by atoms with van der Waals surface area (Å²) in [6.45, 7) is 4.86. The highest BCUT2D eigenvalue weighted by atomic mass is 19.3. The van der Waals surface area contributed by atoms with Gasteiger partial charge in [0.2, 0.25) is 5.91 Å². The van der Waals surface area contributed by atoms with Gasteiger partial charge in [0.1, 0.15) is 5.82 Å². The predicted octanol–water partition coefficient (Wildman–Crippen LogP) is 2.75. The molecule has 0 bridgehead atoms. The van der Waals surface area contributed by atoms with Gasteiger partial charge in [0.05, 0.1) is 6.54 Å². The van der Waals surface area contributed by atoms with Gasteiger partial charge in [0, 0.05) is 45.0 Å². The van der Waals surface area contributed by atoms with Crippen molar-refractivity contribution in [1.29, 1.82) is 0 Å². The molecule has 2 rings (SSSR count). The van der Waals surface area contributed by atoms with Crippen LogP contribution in [0.5, 0.6) is 0 Å². The van der Waals surface area contributed by atoms with E-state index in [2.05, 4.69) is 23.7 Å². The summed E-state index contributed by atoms with van der Waals surface area (Å²) in [5, 5.41) is 0. The molecule has 1 aromatic rings. The number of nitrogens with zero attached hydrogens (tertiary/aromatic N) is 4. The van der Waals surface area contributed by atoms with Crippen LogP contribution < -0.4 is 0 Å². The quantitative estimate of drug-likeness (QED) is 0.773. The van der Waals surface area contributed by atoms with E-state index in [-0.39, 0.29) is 5.91 Å². The third-order valence-electron chi connectivity index (χ3n) is 4.60. The molecule has 2 heterocycles. The minimum atomic E-state index is -2.56. The van der Waals surface area contributed by atoms with Crippen LogP contribution in [-0.2, 0) is 11.3 Å². The summed E-state index contributed by atoms with van der Waals surface area (Å²) in [5.74, 6) is 1.16. The zero-order chi connectivity index (χ0) is 16.8. The van der Waals surface area contributed by atoms with Crippen LogP contribution >= 0.6 is 0 Å². The van der Waals surface area contributed by atoms with Gasteiger partial charge >= 0.3 is 6.55 Å². The minimum absolute atomic E-state index is 0.207. The van der Waals surface area contributed by atoms with Crippen LogP contribution in [0.4, 0.5) is 8.78 Å². The van der Waals surface area contributed by atoms with E-state index in [9.17, 15) is 13.6 Å². The highest BCUT2D eigenvalue weighted by Crippen LogP contribution is 2.16. The van der Waals surface area contributed by atoms with Gasteiger partial charge in [-0.3, -0.25) is 14.3 Å². The van der Waals surface area contributed by atoms with Crippen molar-refractivity contribution in [3.05, 3.63) is 18.2 Å². The molecule has 0 aliphatic carbocycles. The zero-order valence-corrected chi connectivity index (χ0v) is 13.9. The number of halogens is 2. The molecule has 0 saturated carbocycles. The van der Waals surface area contributed by atoms with E-state index in [1.54, 1.807) is 0 Å². The molecule has 1 fully saturated rings. The summed E-state index contributed by atoms with van der Waals surface area (Å²) < 4.78 is 26.5. The molecule has 23 heavy (non-hydrogen) atoms. The maximum absolute atomic E-state index is 12.8. The molecular formula is C16H26F2N4O. The van der Waals surface area contributed by atoms with E-state index in [1.807, 2.05) is 4.90 Å². The number of alkyl halides is 2. The number of rotatable bonds is 7. The first-order valence-corrected chi connectivity index (χ1v) is 8.31. The Morgan fingerprint density at radius 3 is 2.61 bits per heavy atom. The second-order valence-electron chi connectivity index (χ2n) is 6.24. The number of amides is 1. The van der Waals surface area contributed by atoms with Crippen LogP contribution in [-0.4, -0.2) is 51.4 Å². The lowest BCUT2D eigenvalue weighted by molar-refractivity contribution is -0.133. The van der Waals surface area contributed by atoms with E-state index in [0.717, 1.165) is 17.4 Å². The normalized spacial score (nSPS) is 17.7. The number of piperazine rings is 1. The van der Waals surface area contributed by atoms with Crippen LogP contribution in [0.1, 0.15) is 45.5 Å². The zero-order valence-electron chi connectivity index (χ0n) is 13.9. The minimum Gasteiger partial charge on any atom is -0.340 e. The smallest absolute Gasteiger partial charge is 0.319 e. The summed E-state index contributed by atoms with van der Waals surface area (Å²) in [6, 6.07) is 0. The van der Waals surface area contributed by atoms with Crippen molar-refractivity contribution >= 4 is 5.91 Å². The predicted molar refractivity (Wildman–Crippen MR) is 84.0 cm³/mol. The van der Waals surface area contributed by atoms with Gasteiger partial charge in [-0.05, 0) is 12.3 Å². The fourth-order valence-electron chi connectivity index (χ4n) is 2.73. The van der Waals surface area contributed by atoms with Crippen molar-refractivity contribution in [1.82, 2.24) is 19.4 Å². The standard InChI is InChI=1S/C16H26F2N4O/c1-3-13(2)4-5-15(23)21-10-8-20(9-11-21)12-14-19-6-7-22(14)16(17)18/h6-7,13,16H,3-5,8-12H2,1-2H3. The van der Waals surface area contributed by atoms with E-state index in [4.69, 9.17) is 0 Å². The van der Waals surface area contributed by atoms with Crippen molar-refractivity contribution in [2.45, 2.75) is 46.2 Å². The van der Waals surface area contributed by atoms with Crippen molar-refractivity contribution in [2.75, 3.05) is 26.2 Å². The van der Waals surface area contributed by atoms with E-state index < -0.39 is 6.55 Å². The highest BCUT2D eigenvalue weighted by Gasteiger charge is 2.23. The van der Waals surface area contributed by atoms with Gasteiger partial charge in [-0.1, -0.05) is 20.3 Å². The molecule has 1 aromatic heterocycles. The molecule has 1 atom stereocenters. The van der Waals surface area contributed by atoms with Crippen LogP contribution in [0.15, 0.2) is 12.4 Å². The van der Waals surface area contributed by atoms with E-state index in [1.165, 1.54) is 12.4 Å². The third kappa shape index (κ3) is 4.99. The molecule has 1 saturated heterocycles. The molecular weight excluding hydrogens is 302 g/mol. The lowest BCUT2D eigenvalue weighted by Gasteiger charge is -2.34. The molecule has 0 N–H and O–H groups in total. The van der Waals surface area contributed by atoms with Crippen LogP contribution in [0.25, 0.3) is 0 Å². The second-order valence-corrected chi connectivity index (χ2v) is 6.24. The monoisotopic (exact) mass is 328 g/mol. The molecule has 0 aromatic carbocycles. The Hall–Kier alpha value is -1.50. The molecule has 1 unspecified atom stereocenters. The molecule has 1 aliphatic rings. The van der Waals surface area contributed by atoms with Gasteiger partial charge in [0.25, 0.3) is 0 Å². The maximum atomic E-state index is 12.8. The Bertz CT molecular complexity index is 498. The Balaban J connectivity index is 1.77. The number of aromatic nitrogens is 2. The molecule has 7 heteroatoms. The topological polar surface area (TPSA) is 41.4 Å². The molecule has 130 valence electrons. The Morgan fingerprint density at radius 1 is 1.30 bits per heavy atom.